The molecule has 0 aliphatic heterocycles. The lowest BCUT2D eigenvalue weighted by Gasteiger charge is -2.34. The molecule has 38 heavy (non-hydrogen) atoms. The lowest BCUT2D eigenvalue weighted by atomic mass is 9.98. The Morgan fingerprint density at radius 2 is 1.76 bits per heavy atom. The number of carbonyl (C=O) groups is 5. The van der Waals surface area contributed by atoms with Crippen LogP contribution in [0.3, 0.4) is 0 Å². The lowest BCUT2D eigenvalue weighted by Crippen LogP contribution is -2.54. The number of ether oxygens (including phenoxy) is 2. The molecule has 0 heterocycles. The van der Waals surface area contributed by atoms with Crippen molar-refractivity contribution in [2.75, 3.05) is 13.2 Å². The molecule has 1 aromatic carbocycles. The molecule has 0 saturated heterocycles. The van der Waals surface area contributed by atoms with E-state index < -0.39 is 53.9 Å². The highest BCUT2D eigenvalue weighted by Crippen LogP contribution is 2.36. The predicted molar refractivity (Wildman–Crippen MR) is 140 cm³/mol. The molecule has 0 spiro atoms. The molecule has 11 heteroatoms. The molecule has 2 atom stereocenters. The van der Waals surface area contributed by atoms with Gasteiger partial charge in [0.2, 0.25) is 17.7 Å². The lowest BCUT2D eigenvalue weighted by molar-refractivity contribution is -0.145. The average Bonchev–Trinajstić information content (AvgIpc) is 3.62. The van der Waals surface area contributed by atoms with Gasteiger partial charge in [-0.15, -0.1) is 0 Å². The summed E-state index contributed by atoms with van der Waals surface area (Å²) >= 11 is 0. The number of hydrogen-bond acceptors (Lipinski definition) is 7. The van der Waals surface area contributed by atoms with Gasteiger partial charge in [0.1, 0.15) is 17.7 Å². The summed E-state index contributed by atoms with van der Waals surface area (Å²) in [6.45, 7) is 10.8. The Labute approximate surface area is 223 Å². The van der Waals surface area contributed by atoms with Crippen LogP contribution in [0.5, 0.6) is 0 Å². The van der Waals surface area contributed by atoms with Gasteiger partial charge in [0.25, 0.3) is 0 Å². The third kappa shape index (κ3) is 9.35. The minimum Gasteiger partial charge on any atom is -0.466 e. The zero-order valence-electron chi connectivity index (χ0n) is 23.1. The maximum Gasteiger partial charge on any atom is 0.408 e. The van der Waals surface area contributed by atoms with Crippen LogP contribution in [0, 0.1) is 13.8 Å². The molecular formula is C27H40N4O7. The van der Waals surface area contributed by atoms with E-state index in [1.54, 1.807) is 33.8 Å². The molecule has 1 aliphatic rings. The van der Waals surface area contributed by atoms with Gasteiger partial charge in [0.15, 0.2) is 0 Å². The maximum atomic E-state index is 13.9. The number of carbonyl (C=O) groups excluding carboxylic acids is 5. The summed E-state index contributed by atoms with van der Waals surface area (Å²) < 4.78 is 10.2. The van der Waals surface area contributed by atoms with Crippen molar-refractivity contribution in [2.24, 2.45) is 5.73 Å². The Morgan fingerprint density at radius 1 is 1.11 bits per heavy atom. The van der Waals surface area contributed by atoms with Crippen LogP contribution in [0.4, 0.5) is 4.79 Å². The van der Waals surface area contributed by atoms with Crippen molar-refractivity contribution in [2.45, 2.75) is 91.0 Å². The standard InChI is InChI=1S/C27H40N4O7/c1-7-37-22(33)12-13-29-24(34)23(18-9-8-16(2)17(3)14-18)31(19-10-11-19)25(35)20(15-21(28)32)30-26(36)38-27(4,5)6/h8-9,14,19-20,23H,7,10-13,15H2,1-6H3,(H2,28,32)(H,29,34)(H,30,36). The minimum atomic E-state index is -1.33. The highest BCUT2D eigenvalue weighted by Gasteiger charge is 2.44. The number of alkyl carbamates (subject to hydrolysis) is 1. The van der Waals surface area contributed by atoms with Crippen molar-refractivity contribution in [3.8, 4) is 0 Å². The molecule has 4 amide bonds. The Morgan fingerprint density at radius 3 is 2.29 bits per heavy atom. The third-order valence-corrected chi connectivity index (χ3v) is 5.90. The minimum absolute atomic E-state index is 0.0204. The first-order valence-electron chi connectivity index (χ1n) is 12.8. The van der Waals surface area contributed by atoms with Crippen LogP contribution < -0.4 is 16.4 Å². The van der Waals surface area contributed by atoms with Gasteiger partial charge in [-0.05, 0) is 71.1 Å². The van der Waals surface area contributed by atoms with Crippen molar-refractivity contribution < 1.29 is 33.4 Å². The first kappa shape index (κ1) is 30.6. The van der Waals surface area contributed by atoms with E-state index in [1.807, 2.05) is 26.0 Å². The van der Waals surface area contributed by atoms with Gasteiger partial charge in [0.05, 0.1) is 19.4 Å². The molecule has 1 saturated carbocycles. The summed E-state index contributed by atoms with van der Waals surface area (Å²) in [5.41, 5.74) is 7.08. The van der Waals surface area contributed by atoms with Gasteiger partial charge in [-0.25, -0.2) is 4.79 Å². The number of primary amides is 1. The number of nitrogens with zero attached hydrogens (tertiary/aromatic N) is 1. The van der Waals surface area contributed by atoms with Crippen LogP contribution in [0.15, 0.2) is 18.2 Å². The summed E-state index contributed by atoms with van der Waals surface area (Å²) in [7, 11) is 0. The van der Waals surface area contributed by atoms with Crippen molar-refractivity contribution in [3.63, 3.8) is 0 Å². The fourth-order valence-corrected chi connectivity index (χ4v) is 3.89. The number of rotatable bonds is 12. The summed E-state index contributed by atoms with van der Waals surface area (Å²) in [4.78, 5) is 65.0. The van der Waals surface area contributed by atoms with E-state index in [4.69, 9.17) is 15.2 Å². The highest BCUT2D eigenvalue weighted by molar-refractivity contribution is 5.95. The van der Waals surface area contributed by atoms with E-state index in [0.29, 0.717) is 18.4 Å². The molecule has 210 valence electrons. The molecule has 2 rings (SSSR count). The topological polar surface area (TPSA) is 157 Å². The van der Waals surface area contributed by atoms with Crippen molar-refractivity contribution in [1.29, 1.82) is 0 Å². The van der Waals surface area contributed by atoms with E-state index in [2.05, 4.69) is 10.6 Å². The normalized spacial score (nSPS) is 14.6. The van der Waals surface area contributed by atoms with E-state index in [-0.39, 0.29) is 25.6 Å². The Balaban J connectivity index is 2.41. The van der Waals surface area contributed by atoms with Gasteiger partial charge in [0, 0.05) is 12.6 Å². The van der Waals surface area contributed by atoms with E-state index >= 15 is 0 Å². The monoisotopic (exact) mass is 532 g/mol. The van der Waals surface area contributed by atoms with Crippen LogP contribution in [-0.4, -0.2) is 65.5 Å². The zero-order chi connectivity index (χ0) is 28.6. The second-order valence-electron chi connectivity index (χ2n) is 10.4. The second-order valence-corrected chi connectivity index (χ2v) is 10.4. The molecular weight excluding hydrogens is 492 g/mol. The van der Waals surface area contributed by atoms with Gasteiger partial charge in [-0.2, -0.15) is 0 Å². The SMILES string of the molecule is CCOC(=O)CCNC(=O)C(c1ccc(C)c(C)c1)N(C(=O)C(CC(N)=O)NC(=O)OC(C)(C)C)C1CC1. The highest BCUT2D eigenvalue weighted by atomic mass is 16.6. The second kappa shape index (κ2) is 13.3. The molecule has 0 radical (unpaired) electrons. The molecule has 4 N–H and O–H groups in total. The third-order valence-electron chi connectivity index (χ3n) is 5.90. The molecule has 1 aliphatic carbocycles. The molecule has 0 aromatic heterocycles. The van der Waals surface area contributed by atoms with Crippen LogP contribution in [0.1, 0.15) is 76.1 Å². The number of hydrogen-bond donors (Lipinski definition) is 3. The van der Waals surface area contributed by atoms with Crippen molar-refractivity contribution in [1.82, 2.24) is 15.5 Å². The number of benzene rings is 1. The quantitative estimate of drug-likeness (QED) is 0.348. The summed E-state index contributed by atoms with van der Waals surface area (Å²) in [5, 5.41) is 5.20. The average molecular weight is 533 g/mol. The van der Waals surface area contributed by atoms with Gasteiger partial charge in [-0.1, -0.05) is 18.2 Å². The smallest absolute Gasteiger partial charge is 0.408 e. The van der Waals surface area contributed by atoms with Gasteiger partial charge in [-0.3, -0.25) is 19.2 Å². The summed E-state index contributed by atoms with van der Waals surface area (Å²) in [6.07, 6.45) is -0.0702. The molecule has 1 fully saturated rings. The van der Waals surface area contributed by atoms with E-state index in [0.717, 1.165) is 11.1 Å². The molecule has 11 nitrogen and oxygen atoms in total. The summed E-state index contributed by atoms with van der Waals surface area (Å²) in [6, 6.07) is 2.79. The number of nitrogens with one attached hydrogen (secondary N) is 2. The van der Waals surface area contributed by atoms with Crippen molar-refractivity contribution in [3.05, 3.63) is 34.9 Å². The first-order valence-corrected chi connectivity index (χ1v) is 12.8. The maximum absolute atomic E-state index is 13.9. The largest absolute Gasteiger partial charge is 0.466 e. The van der Waals surface area contributed by atoms with Gasteiger partial charge < -0.3 is 30.7 Å². The number of esters is 1. The molecule has 0 bridgehead atoms. The fraction of sp³-hybridized carbons (Fsp3) is 0.593. The Bertz CT molecular complexity index is 1050. The molecule has 1 aromatic rings. The van der Waals surface area contributed by atoms with Crippen molar-refractivity contribution >= 4 is 29.8 Å². The van der Waals surface area contributed by atoms with Crippen LogP contribution in [0.25, 0.3) is 0 Å². The molecule has 2 unspecified atom stereocenters. The number of nitrogens with two attached hydrogens (primary N) is 1. The number of amides is 4. The van der Waals surface area contributed by atoms with Gasteiger partial charge >= 0.3 is 12.1 Å². The van der Waals surface area contributed by atoms with Crippen LogP contribution in [-0.2, 0) is 28.7 Å². The predicted octanol–water partition coefficient (Wildman–Crippen LogP) is 2.17. The first-order chi connectivity index (χ1) is 17.7. The van der Waals surface area contributed by atoms with Crippen LogP contribution >= 0.6 is 0 Å². The van der Waals surface area contributed by atoms with E-state index in [1.165, 1.54) is 4.90 Å². The van der Waals surface area contributed by atoms with Crippen LogP contribution in [0.2, 0.25) is 0 Å². The fourth-order valence-electron chi connectivity index (χ4n) is 3.89. The Hall–Kier alpha value is -3.63. The summed E-state index contributed by atoms with van der Waals surface area (Å²) in [5.74, 6) is -2.36. The Kier molecular flexibility index (Phi) is 10.7. The zero-order valence-corrected chi connectivity index (χ0v) is 23.1. The number of aryl methyl sites for hydroxylation is 2. The van der Waals surface area contributed by atoms with E-state index in [9.17, 15) is 24.0 Å².